The standard InChI is InChI=1S/C12H19NO2/c1-3-10(8-13)9-15-12-6-4-11(14-2)5-7-12/h4-7,10H,3,8-9,13H2,1-2H3. The van der Waals surface area contributed by atoms with Crippen LogP contribution in [0.4, 0.5) is 0 Å². The Bertz CT molecular complexity index is 267. The molecule has 0 aromatic heterocycles. The first-order chi connectivity index (χ1) is 7.30. The minimum Gasteiger partial charge on any atom is -0.497 e. The van der Waals surface area contributed by atoms with Gasteiger partial charge in [0, 0.05) is 5.92 Å². The molecule has 0 heterocycles. The van der Waals surface area contributed by atoms with E-state index in [2.05, 4.69) is 6.92 Å². The second-order valence-electron chi connectivity index (χ2n) is 3.50. The summed E-state index contributed by atoms with van der Waals surface area (Å²) in [6, 6.07) is 7.58. The summed E-state index contributed by atoms with van der Waals surface area (Å²) in [4.78, 5) is 0. The highest BCUT2D eigenvalue weighted by atomic mass is 16.5. The summed E-state index contributed by atoms with van der Waals surface area (Å²) >= 11 is 0. The quantitative estimate of drug-likeness (QED) is 0.780. The minimum absolute atomic E-state index is 0.437. The largest absolute Gasteiger partial charge is 0.497 e. The van der Waals surface area contributed by atoms with Gasteiger partial charge in [-0.3, -0.25) is 0 Å². The number of methoxy groups -OCH3 is 1. The van der Waals surface area contributed by atoms with Gasteiger partial charge in [0.05, 0.1) is 13.7 Å². The number of nitrogens with two attached hydrogens (primary N) is 1. The van der Waals surface area contributed by atoms with Crippen LogP contribution in [0.2, 0.25) is 0 Å². The summed E-state index contributed by atoms with van der Waals surface area (Å²) in [5.41, 5.74) is 5.59. The van der Waals surface area contributed by atoms with Gasteiger partial charge in [-0.15, -0.1) is 0 Å². The zero-order valence-corrected chi connectivity index (χ0v) is 9.40. The zero-order chi connectivity index (χ0) is 11.1. The van der Waals surface area contributed by atoms with Crippen molar-refractivity contribution >= 4 is 0 Å². The molecule has 0 aliphatic carbocycles. The maximum atomic E-state index is 5.61. The number of benzene rings is 1. The van der Waals surface area contributed by atoms with Crippen LogP contribution in [0.15, 0.2) is 24.3 Å². The lowest BCUT2D eigenvalue weighted by molar-refractivity contribution is 0.248. The first-order valence-corrected chi connectivity index (χ1v) is 5.27. The third kappa shape index (κ3) is 3.80. The van der Waals surface area contributed by atoms with Gasteiger partial charge in [-0.2, -0.15) is 0 Å². The smallest absolute Gasteiger partial charge is 0.119 e. The van der Waals surface area contributed by atoms with E-state index in [9.17, 15) is 0 Å². The van der Waals surface area contributed by atoms with Crippen LogP contribution in [0.5, 0.6) is 11.5 Å². The Hall–Kier alpha value is -1.22. The van der Waals surface area contributed by atoms with Crippen LogP contribution in [0.3, 0.4) is 0 Å². The molecule has 1 atom stereocenters. The van der Waals surface area contributed by atoms with E-state index in [1.165, 1.54) is 0 Å². The third-order valence-electron chi connectivity index (χ3n) is 2.46. The summed E-state index contributed by atoms with van der Waals surface area (Å²) in [5, 5.41) is 0. The zero-order valence-electron chi connectivity index (χ0n) is 9.40. The maximum absolute atomic E-state index is 5.61. The Morgan fingerprint density at radius 1 is 1.20 bits per heavy atom. The highest BCUT2D eigenvalue weighted by Gasteiger charge is 2.04. The molecule has 1 aromatic rings. The lowest BCUT2D eigenvalue weighted by Gasteiger charge is -2.13. The van der Waals surface area contributed by atoms with Crippen molar-refractivity contribution in [2.75, 3.05) is 20.3 Å². The molecular weight excluding hydrogens is 190 g/mol. The molecule has 3 nitrogen and oxygen atoms in total. The van der Waals surface area contributed by atoms with E-state index in [4.69, 9.17) is 15.2 Å². The Morgan fingerprint density at radius 3 is 2.27 bits per heavy atom. The van der Waals surface area contributed by atoms with Crippen molar-refractivity contribution < 1.29 is 9.47 Å². The SMILES string of the molecule is CCC(CN)COc1ccc(OC)cc1. The van der Waals surface area contributed by atoms with Crippen molar-refractivity contribution in [3.05, 3.63) is 24.3 Å². The summed E-state index contributed by atoms with van der Waals surface area (Å²) in [5.74, 6) is 2.14. The van der Waals surface area contributed by atoms with E-state index in [-0.39, 0.29) is 0 Å². The fraction of sp³-hybridized carbons (Fsp3) is 0.500. The van der Waals surface area contributed by atoms with E-state index in [0.717, 1.165) is 17.9 Å². The molecule has 2 N–H and O–H groups in total. The molecule has 0 spiro atoms. The average molecular weight is 209 g/mol. The summed E-state index contributed by atoms with van der Waals surface area (Å²) in [6.07, 6.45) is 1.05. The molecule has 3 heteroatoms. The Labute approximate surface area is 91.2 Å². The average Bonchev–Trinajstić information content (AvgIpc) is 2.31. The van der Waals surface area contributed by atoms with Crippen LogP contribution in [0.1, 0.15) is 13.3 Å². The van der Waals surface area contributed by atoms with Crippen LogP contribution in [-0.4, -0.2) is 20.3 Å². The highest BCUT2D eigenvalue weighted by Crippen LogP contribution is 2.17. The molecule has 1 rings (SSSR count). The molecule has 1 aromatic carbocycles. The maximum Gasteiger partial charge on any atom is 0.119 e. The van der Waals surface area contributed by atoms with Gasteiger partial charge in [-0.05, 0) is 37.2 Å². The highest BCUT2D eigenvalue weighted by molar-refractivity contribution is 5.31. The second kappa shape index (κ2) is 6.30. The molecular formula is C12H19NO2. The molecule has 0 saturated carbocycles. The molecule has 0 radical (unpaired) electrons. The third-order valence-corrected chi connectivity index (χ3v) is 2.46. The lowest BCUT2D eigenvalue weighted by Crippen LogP contribution is -2.20. The molecule has 0 saturated heterocycles. The summed E-state index contributed by atoms with van der Waals surface area (Å²) < 4.78 is 10.7. The minimum atomic E-state index is 0.437. The summed E-state index contributed by atoms with van der Waals surface area (Å²) in [6.45, 7) is 3.47. The predicted molar refractivity (Wildman–Crippen MR) is 61.3 cm³/mol. The first-order valence-electron chi connectivity index (χ1n) is 5.27. The van der Waals surface area contributed by atoms with Crippen LogP contribution in [0, 0.1) is 5.92 Å². The van der Waals surface area contributed by atoms with E-state index >= 15 is 0 Å². The predicted octanol–water partition coefficient (Wildman–Crippen LogP) is 2.06. The van der Waals surface area contributed by atoms with Crippen molar-refractivity contribution in [3.63, 3.8) is 0 Å². The van der Waals surface area contributed by atoms with Gasteiger partial charge in [0.25, 0.3) is 0 Å². The Morgan fingerprint density at radius 2 is 1.80 bits per heavy atom. The van der Waals surface area contributed by atoms with Crippen LogP contribution in [-0.2, 0) is 0 Å². The monoisotopic (exact) mass is 209 g/mol. The number of ether oxygens (including phenoxy) is 2. The van der Waals surface area contributed by atoms with E-state index < -0.39 is 0 Å². The lowest BCUT2D eigenvalue weighted by atomic mass is 10.1. The van der Waals surface area contributed by atoms with E-state index in [1.54, 1.807) is 7.11 Å². The fourth-order valence-electron chi connectivity index (χ4n) is 1.24. The molecule has 0 amide bonds. The number of hydrogen-bond acceptors (Lipinski definition) is 3. The number of hydrogen-bond donors (Lipinski definition) is 1. The molecule has 84 valence electrons. The first kappa shape index (κ1) is 11.9. The molecule has 0 bridgehead atoms. The Balaban J connectivity index is 2.43. The van der Waals surface area contributed by atoms with Gasteiger partial charge >= 0.3 is 0 Å². The Kier molecular flexibility index (Phi) is 4.98. The van der Waals surface area contributed by atoms with E-state index in [1.807, 2.05) is 24.3 Å². The fourth-order valence-corrected chi connectivity index (χ4v) is 1.24. The molecule has 15 heavy (non-hydrogen) atoms. The molecule has 0 aliphatic rings. The van der Waals surface area contributed by atoms with Gasteiger partial charge in [-0.1, -0.05) is 6.92 Å². The van der Waals surface area contributed by atoms with Crippen molar-refractivity contribution in [3.8, 4) is 11.5 Å². The van der Waals surface area contributed by atoms with Gasteiger partial charge in [0.1, 0.15) is 11.5 Å². The molecule has 0 aliphatic heterocycles. The topological polar surface area (TPSA) is 44.5 Å². The van der Waals surface area contributed by atoms with Crippen LogP contribution < -0.4 is 15.2 Å². The summed E-state index contributed by atoms with van der Waals surface area (Å²) in [7, 11) is 1.65. The molecule has 1 unspecified atom stereocenters. The van der Waals surface area contributed by atoms with Crippen molar-refractivity contribution in [1.82, 2.24) is 0 Å². The van der Waals surface area contributed by atoms with Gasteiger partial charge in [0.2, 0.25) is 0 Å². The van der Waals surface area contributed by atoms with Gasteiger partial charge < -0.3 is 15.2 Å². The van der Waals surface area contributed by atoms with Crippen molar-refractivity contribution in [2.24, 2.45) is 11.7 Å². The van der Waals surface area contributed by atoms with Crippen molar-refractivity contribution in [2.45, 2.75) is 13.3 Å². The second-order valence-corrected chi connectivity index (χ2v) is 3.50. The van der Waals surface area contributed by atoms with E-state index in [0.29, 0.717) is 19.1 Å². The van der Waals surface area contributed by atoms with Crippen LogP contribution >= 0.6 is 0 Å². The van der Waals surface area contributed by atoms with Gasteiger partial charge in [0.15, 0.2) is 0 Å². The normalized spacial score (nSPS) is 12.2. The van der Waals surface area contributed by atoms with Gasteiger partial charge in [-0.25, -0.2) is 0 Å². The van der Waals surface area contributed by atoms with Crippen LogP contribution in [0.25, 0.3) is 0 Å². The van der Waals surface area contributed by atoms with Crippen molar-refractivity contribution in [1.29, 1.82) is 0 Å². The molecule has 0 fully saturated rings. The number of rotatable bonds is 6.